The Morgan fingerprint density at radius 2 is 1.73 bits per heavy atom. The Kier molecular flexibility index (Phi) is 2.03. The molecule has 0 bridgehead atoms. The van der Waals surface area contributed by atoms with E-state index in [1.54, 1.807) is 0 Å². The van der Waals surface area contributed by atoms with E-state index in [2.05, 4.69) is 29.5 Å². The van der Waals surface area contributed by atoms with Gasteiger partial charge in [0.25, 0.3) is 0 Å². The predicted octanol–water partition coefficient (Wildman–Crippen LogP) is 2.58. The summed E-state index contributed by atoms with van der Waals surface area (Å²) >= 11 is 0. The van der Waals surface area contributed by atoms with Gasteiger partial charge in [-0.1, -0.05) is 13.2 Å². The lowest BCUT2D eigenvalue weighted by Crippen LogP contribution is -1.92. The van der Waals surface area contributed by atoms with Crippen LogP contribution in [0.4, 0.5) is 0 Å². The maximum atomic E-state index is 4.52. The number of rotatable bonds is 2. The Balaban J connectivity index is 3.02. The first-order valence-corrected chi connectivity index (χ1v) is 4.91. The van der Waals surface area contributed by atoms with Crippen LogP contribution in [-0.2, 0) is 7.05 Å². The molecular weight excluding hydrogens is 186 g/mol. The SMILES string of the molecule is C=Cc1c(C=C)n2c(C)c(C)nc2n1C. The van der Waals surface area contributed by atoms with Crippen molar-refractivity contribution in [2.24, 2.45) is 7.05 Å². The lowest BCUT2D eigenvalue weighted by molar-refractivity contribution is 0.924. The molecule has 0 radical (unpaired) electrons. The quantitative estimate of drug-likeness (QED) is 0.732. The predicted molar refractivity (Wildman–Crippen MR) is 63.8 cm³/mol. The molecule has 0 aliphatic heterocycles. The lowest BCUT2D eigenvalue weighted by atomic mass is 10.3. The number of hydrogen-bond acceptors (Lipinski definition) is 1. The average molecular weight is 201 g/mol. The summed E-state index contributed by atoms with van der Waals surface area (Å²) < 4.78 is 4.14. The summed E-state index contributed by atoms with van der Waals surface area (Å²) in [6.45, 7) is 11.7. The number of aryl methyl sites for hydroxylation is 3. The topological polar surface area (TPSA) is 22.2 Å². The van der Waals surface area contributed by atoms with E-state index >= 15 is 0 Å². The second kappa shape index (κ2) is 3.12. The van der Waals surface area contributed by atoms with Gasteiger partial charge >= 0.3 is 0 Å². The smallest absolute Gasteiger partial charge is 0.215 e. The van der Waals surface area contributed by atoms with Crippen LogP contribution in [0.1, 0.15) is 22.8 Å². The molecule has 0 saturated carbocycles. The van der Waals surface area contributed by atoms with Gasteiger partial charge < -0.3 is 4.57 Å². The molecular formula is C12H15N3. The van der Waals surface area contributed by atoms with Crippen LogP contribution in [0.2, 0.25) is 0 Å². The lowest BCUT2D eigenvalue weighted by Gasteiger charge is -1.98. The Morgan fingerprint density at radius 1 is 1.13 bits per heavy atom. The normalized spacial score (nSPS) is 10.9. The molecule has 2 heterocycles. The van der Waals surface area contributed by atoms with Gasteiger partial charge in [-0.15, -0.1) is 0 Å². The number of imidazole rings is 2. The minimum absolute atomic E-state index is 0.940. The first kappa shape index (κ1) is 9.77. The fraction of sp³-hybridized carbons (Fsp3) is 0.250. The van der Waals surface area contributed by atoms with Gasteiger partial charge in [-0.3, -0.25) is 4.40 Å². The van der Waals surface area contributed by atoms with Crippen molar-refractivity contribution in [2.75, 3.05) is 0 Å². The van der Waals surface area contributed by atoms with Crippen LogP contribution in [0.25, 0.3) is 17.9 Å². The Hall–Kier alpha value is -1.77. The summed E-state index contributed by atoms with van der Waals surface area (Å²) in [6.07, 6.45) is 3.68. The molecule has 15 heavy (non-hydrogen) atoms. The third-order valence-corrected chi connectivity index (χ3v) is 2.88. The van der Waals surface area contributed by atoms with Gasteiger partial charge in [-0.25, -0.2) is 4.98 Å². The molecule has 0 aliphatic carbocycles. The number of nitrogens with zero attached hydrogens (tertiary/aromatic N) is 3. The van der Waals surface area contributed by atoms with E-state index in [0.29, 0.717) is 0 Å². The van der Waals surface area contributed by atoms with Crippen LogP contribution in [0.5, 0.6) is 0 Å². The molecule has 3 heteroatoms. The molecule has 0 spiro atoms. The fourth-order valence-electron chi connectivity index (χ4n) is 1.94. The van der Waals surface area contributed by atoms with Crippen molar-refractivity contribution in [1.82, 2.24) is 14.0 Å². The summed E-state index contributed by atoms with van der Waals surface area (Å²) in [4.78, 5) is 4.52. The van der Waals surface area contributed by atoms with Gasteiger partial charge in [0.1, 0.15) is 0 Å². The molecule has 0 aliphatic rings. The highest BCUT2D eigenvalue weighted by atomic mass is 15.2. The Morgan fingerprint density at radius 3 is 2.27 bits per heavy atom. The van der Waals surface area contributed by atoms with Gasteiger partial charge in [0.2, 0.25) is 5.78 Å². The molecule has 0 saturated heterocycles. The number of hydrogen-bond donors (Lipinski definition) is 0. The third-order valence-electron chi connectivity index (χ3n) is 2.88. The summed E-state index contributed by atoms with van der Waals surface area (Å²) in [7, 11) is 1.99. The molecule has 78 valence electrons. The summed E-state index contributed by atoms with van der Waals surface area (Å²) in [5.74, 6) is 0.940. The highest BCUT2D eigenvalue weighted by Crippen LogP contribution is 2.21. The standard InChI is InChI=1S/C12H15N3/c1-6-10-11(7-2)15-9(4)8(3)13-12(15)14(10)5/h6-7H,1-2H2,3-5H3. The van der Waals surface area contributed by atoms with E-state index in [9.17, 15) is 0 Å². The van der Waals surface area contributed by atoms with Crippen LogP contribution in [0, 0.1) is 13.8 Å². The second-order valence-corrected chi connectivity index (χ2v) is 3.66. The van der Waals surface area contributed by atoms with Crippen molar-refractivity contribution in [2.45, 2.75) is 13.8 Å². The van der Waals surface area contributed by atoms with Crippen molar-refractivity contribution in [3.8, 4) is 0 Å². The van der Waals surface area contributed by atoms with Crippen molar-refractivity contribution in [3.05, 3.63) is 35.9 Å². The van der Waals surface area contributed by atoms with Crippen molar-refractivity contribution in [1.29, 1.82) is 0 Å². The third kappa shape index (κ3) is 1.09. The van der Waals surface area contributed by atoms with Gasteiger partial charge in [-0.05, 0) is 26.0 Å². The first-order chi connectivity index (χ1) is 7.11. The van der Waals surface area contributed by atoms with Gasteiger partial charge in [-0.2, -0.15) is 0 Å². The highest BCUT2D eigenvalue weighted by Gasteiger charge is 2.15. The molecule has 0 fully saturated rings. The van der Waals surface area contributed by atoms with Crippen LogP contribution < -0.4 is 0 Å². The monoisotopic (exact) mass is 201 g/mol. The van der Waals surface area contributed by atoms with Crippen molar-refractivity contribution in [3.63, 3.8) is 0 Å². The Labute approximate surface area is 89.4 Å². The summed E-state index contributed by atoms with van der Waals surface area (Å²) in [6, 6.07) is 0. The minimum atomic E-state index is 0.940. The molecule has 0 amide bonds. The molecule has 0 aromatic carbocycles. The fourth-order valence-corrected chi connectivity index (χ4v) is 1.94. The number of fused-ring (bicyclic) bond motifs is 1. The molecule has 2 aromatic heterocycles. The second-order valence-electron chi connectivity index (χ2n) is 3.66. The van der Waals surface area contributed by atoms with E-state index in [4.69, 9.17) is 0 Å². The van der Waals surface area contributed by atoms with Crippen molar-refractivity contribution < 1.29 is 0 Å². The maximum absolute atomic E-state index is 4.52. The number of aromatic nitrogens is 3. The van der Waals surface area contributed by atoms with Crippen LogP contribution >= 0.6 is 0 Å². The molecule has 0 N–H and O–H groups in total. The molecule has 2 rings (SSSR count). The first-order valence-electron chi connectivity index (χ1n) is 4.91. The highest BCUT2D eigenvalue weighted by molar-refractivity contribution is 5.64. The average Bonchev–Trinajstić information content (AvgIpc) is 2.65. The minimum Gasteiger partial charge on any atom is -0.313 e. The maximum Gasteiger partial charge on any atom is 0.215 e. The van der Waals surface area contributed by atoms with E-state index < -0.39 is 0 Å². The molecule has 2 aromatic rings. The van der Waals surface area contributed by atoms with E-state index in [1.807, 2.05) is 30.7 Å². The summed E-state index contributed by atoms with van der Waals surface area (Å²) in [5.41, 5.74) is 4.32. The summed E-state index contributed by atoms with van der Waals surface area (Å²) in [5, 5.41) is 0. The zero-order chi connectivity index (χ0) is 11.2. The van der Waals surface area contributed by atoms with Gasteiger partial charge in [0, 0.05) is 12.7 Å². The molecule has 3 nitrogen and oxygen atoms in total. The van der Waals surface area contributed by atoms with Gasteiger partial charge in [0.15, 0.2) is 0 Å². The van der Waals surface area contributed by atoms with E-state index in [1.165, 1.54) is 0 Å². The Bertz CT molecular complexity index is 555. The molecule has 0 unspecified atom stereocenters. The zero-order valence-electron chi connectivity index (χ0n) is 9.41. The van der Waals surface area contributed by atoms with Crippen LogP contribution in [0.15, 0.2) is 13.2 Å². The molecule has 0 atom stereocenters. The zero-order valence-corrected chi connectivity index (χ0v) is 9.41. The van der Waals surface area contributed by atoms with Gasteiger partial charge in [0.05, 0.1) is 17.1 Å². The van der Waals surface area contributed by atoms with Crippen LogP contribution in [0.3, 0.4) is 0 Å². The van der Waals surface area contributed by atoms with E-state index in [-0.39, 0.29) is 0 Å². The van der Waals surface area contributed by atoms with E-state index in [0.717, 1.165) is 28.6 Å². The van der Waals surface area contributed by atoms with Crippen LogP contribution in [-0.4, -0.2) is 14.0 Å². The largest absolute Gasteiger partial charge is 0.313 e. The van der Waals surface area contributed by atoms with Crippen molar-refractivity contribution >= 4 is 17.9 Å².